The number of nitrogens with two attached hydrogens (primary N) is 1. The molecule has 0 unspecified atom stereocenters. The van der Waals surface area contributed by atoms with Crippen LogP contribution in [0, 0.1) is 0 Å². The first-order valence-electron chi connectivity index (χ1n) is 11.9. The molecule has 0 fully saturated rings. The Kier molecular flexibility index (Phi) is 8.61. The molecule has 0 radical (unpaired) electrons. The van der Waals surface area contributed by atoms with Crippen molar-refractivity contribution >= 4 is 40.7 Å². The first-order valence-corrected chi connectivity index (χ1v) is 12.6. The first kappa shape index (κ1) is 26.4. The van der Waals surface area contributed by atoms with Gasteiger partial charge in [-0.05, 0) is 60.0 Å². The molecule has 1 aromatic heterocycles. The minimum atomic E-state index is -0.308. The number of nitrogens with one attached hydrogen (secondary N) is 2. The Morgan fingerprint density at radius 2 is 1.62 bits per heavy atom. The standard InChI is InChI=1S/C28H27Cl2N5O2/c1-2-3-26-24(17-33-35(26)22-11-8-20(29)9-12-22)28(37)34-21-10-13-23(25(30)14-21)27(36)32-16-19-6-4-18(15-31)5-7-19/h4-14,17H,2-3,15-16,31H2,1H3,(H,32,36)(H,34,37). The second-order valence-corrected chi connectivity index (χ2v) is 9.34. The van der Waals surface area contributed by atoms with Crippen LogP contribution in [0.5, 0.6) is 0 Å². The number of hydrogen-bond acceptors (Lipinski definition) is 4. The van der Waals surface area contributed by atoms with Crippen molar-refractivity contribution in [1.82, 2.24) is 15.1 Å². The number of aromatic nitrogens is 2. The van der Waals surface area contributed by atoms with E-state index >= 15 is 0 Å². The molecule has 0 saturated carbocycles. The lowest BCUT2D eigenvalue weighted by Crippen LogP contribution is -2.23. The van der Waals surface area contributed by atoms with Gasteiger partial charge in [0.15, 0.2) is 0 Å². The summed E-state index contributed by atoms with van der Waals surface area (Å²) in [5.41, 5.74) is 10.5. The molecule has 4 aromatic rings. The molecule has 0 saturated heterocycles. The second kappa shape index (κ2) is 12.1. The van der Waals surface area contributed by atoms with Crippen LogP contribution in [0.3, 0.4) is 0 Å². The van der Waals surface area contributed by atoms with Crippen molar-refractivity contribution in [1.29, 1.82) is 0 Å². The fourth-order valence-electron chi connectivity index (χ4n) is 3.89. The van der Waals surface area contributed by atoms with Crippen molar-refractivity contribution in [2.24, 2.45) is 5.73 Å². The second-order valence-electron chi connectivity index (χ2n) is 8.50. The summed E-state index contributed by atoms with van der Waals surface area (Å²) in [6, 6.07) is 19.8. The van der Waals surface area contributed by atoms with Gasteiger partial charge in [-0.3, -0.25) is 9.59 Å². The number of anilines is 1. The fourth-order valence-corrected chi connectivity index (χ4v) is 4.28. The van der Waals surface area contributed by atoms with Gasteiger partial charge in [0.25, 0.3) is 11.8 Å². The summed E-state index contributed by atoms with van der Waals surface area (Å²) < 4.78 is 1.75. The van der Waals surface area contributed by atoms with Gasteiger partial charge in [0.2, 0.25) is 0 Å². The monoisotopic (exact) mass is 535 g/mol. The summed E-state index contributed by atoms with van der Waals surface area (Å²) in [6.45, 7) is 2.87. The van der Waals surface area contributed by atoms with Crippen LogP contribution in [-0.2, 0) is 19.5 Å². The van der Waals surface area contributed by atoms with Gasteiger partial charge in [-0.1, -0.05) is 60.8 Å². The van der Waals surface area contributed by atoms with Crippen molar-refractivity contribution in [2.75, 3.05) is 5.32 Å². The molecule has 0 aliphatic heterocycles. The molecule has 4 N–H and O–H groups in total. The summed E-state index contributed by atoms with van der Waals surface area (Å²) >= 11 is 12.4. The van der Waals surface area contributed by atoms with Crippen molar-refractivity contribution in [3.63, 3.8) is 0 Å². The van der Waals surface area contributed by atoms with E-state index in [4.69, 9.17) is 28.9 Å². The van der Waals surface area contributed by atoms with E-state index in [2.05, 4.69) is 15.7 Å². The van der Waals surface area contributed by atoms with Crippen LogP contribution in [0.1, 0.15) is 50.9 Å². The highest BCUT2D eigenvalue weighted by atomic mass is 35.5. The Hall–Kier alpha value is -3.65. The molecule has 0 spiro atoms. The quantitative estimate of drug-likeness (QED) is 0.253. The van der Waals surface area contributed by atoms with Crippen LogP contribution >= 0.6 is 23.2 Å². The Balaban J connectivity index is 1.45. The lowest BCUT2D eigenvalue weighted by Gasteiger charge is -2.11. The number of halogens is 2. The zero-order chi connectivity index (χ0) is 26.4. The van der Waals surface area contributed by atoms with E-state index in [1.54, 1.807) is 41.2 Å². The highest BCUT2D eigenvalue weighted by Gasteiger charge is 2.19. The number of rotatable bonds is 9. The van der Waals surface area contributed by atoms with Crippen LogP contribution in [0.2, 0.25) is 10.0 Å². The number of benzene rings is 3. The number of carbonyl (C=O) groups is 2. The van der Waals surface area contributed by atoms with Crippen molar-refractivity contribution in [3.8, 4) is 5.69 Å². The van der Waals surface area contributed by atoms with Gasteiger partial charge < -0.3 is 16.4 Å². The van der Waals surface area contributed by atoms with Gasteiger partial charge in [-0.15, -0.1) is 0 Å². The Labute approximate surface area is 225 Å². The maximum Gasteiger partial charge on any atom is 0.259 e. The molecular weight excluding hydrogens is 509 g/mol. The topological polar surface area (TPSA) is 102 Å². The molecule has 0 bridgehead atoms. The molecule has 0 atom stereocenters. The van der Waals surface area contributed by atoms with Crippen LogP contribution in [0.25, 0.3) is 5.69 Å². The number of nitrogens with zero attached hydrogens (tertiary/aromatic N) is 2. The van der Waals surface area contributed by atoms with Crippen molar-refractivity contribution < 1.29 is 9.59 Å². The molecule has 9 heteroatoms. The molecule has 3 aromatic carbocycles. The van der Waals surface area contributed by atoms with E-state index < -0.39 is 0 Å². The Morgan fingerprint density at radius 1 is 0.919 bits per heavy atom. The van der Waals surface area contributed by atoms with E-state index in [0.29, 0.717) is 41.3 Å². The molecule has 1 heterocycles. The van der Waals surface area contributed by atoms with E-state index in [-0.39, 0.29) is 16.8 Å². The van der Waals surface area contributed by atoms with Crippen molar-refractivity contribution in [3.05, 3.63) is 111 Å². The van der Waals surface area contributed by atoms with E-state index in [0.717, 1.165) is 28.9 Å². The minimum Gasteiger partial charge on any atom is -0.348 e. The third kappa shape index (κ3) is 6.38. The van der Waals surface area contributed by atoms with Crippen molar-refractivity contribution in [2.45, 2.75) is 32.9 Å². The molecular formula is C28H27Cl2N5O2. The molecule has 0 aliphatic carbocycles. The largest absolute Gasteiger partial charge is 0.348 e. The summed E-state index contributed by atoms with van der Waals surface area (Å²) in [5, 5.41) is 11.0. The maximum atomic E-state index is 13.1. The average Bonchev–Trinajstić information content (AvgIpc) is 3.32. The normalized spacial score (nSPS) is 10.8. The molecule has 4 rings (SSSR count). The smallest absolute Gasteiger partial charge is 0.259 e. The van der Waals surface area contributed by atoms with Crippen LogP contribution in [0.4, 0.5) is 5.69 Å². The summed E-state index contributed by atoms with van der Waals surface area (Å²) in [5.74, 6) is -0.613. The fraction of sp³-hybridized carbons (Fsp3) is 0.179. The summed E-state index contributed by atoms with van der Waals surface area (Å²) in [4.78, 5) is 25.8. The Morgan fingerprint density at radius 3 is 2.27 bits per heavy atom. The van der Waals surface area contributed by atoms with E-state index in [9.17, 15) is 9.59 Å². The Bertz CT molecular complexity index is 1400. The molecule has 7 nitrogen and oxygen atoms in total. The minimum absolute atomic E-state index is 0.236. The van der Waals surface area contributed by atoms with Gasteiger partial charge >= 0.3 is 0 Å². The predicted octanol–water partition coefficient (Wildman–Crippen LogP) is 5.77. The first-order chi connectivity index (χ1) is 17.9. The summed E-state index contributed by atoms with van der Waals surface area (Å²) in [7, 11) is 0. The molecule has 2 amide bonds. The zero-order valence-corrected chi connectivity index (χ0v) is 21.8. The number of hydrogen-bond donors (Lipinski definition) is 3. The van der Waals surface area contributed by atoms with Gasteiger partial charge in [-0.25, -0.2) is 4.68 Å². The van der Waals surface area contributed by atoms with Gasteiger partial charge in [0, 0.05) is 23.8 Å². The molecule has 0 aliphatic rings. The van der Waals surface area contributed by atoms with Crippen LogP contribution in [-0.4, -0.2) is 21.6 Å². The molecule has 37 heavy (non-hydrogen) atoms. The van der Waals surface area contributed by atoms with Crippen LogP contribution in [0.15, 0.2) is 72.9 Å². The lowest BCUT2D eigenvalue weighted by molar-refractivity contribution is 0.0950. The zero-order valence-electron chi connectivity index (χ0n) is 20.3. The van der Waals surface area contributed by atoms with Gasteiger partial charge in [0.1, 0.15) is 0 Å². The maximum absolute atomic E-state index is 13.1. The third-order valence-electron chi connectivity index (χ3n) is 5.85. The highest BCUT2D eigenvalue weighted by molar-refractivity contribution is 6.34. The van der Waals surface area contributed by atoms with E-state index in [1.165, 1.54) is 0 Å². The highest BCUT2D eigenvalue weighted by Crippen LogP contribution is 2.24. The lowest BCUT2D eigenvalue weighted by atomic mass is 10.1. The number of amides is 2. The van der Waals surface area contributed by atoms with E-state index in [1.807, 2.05) is 43.3 Å². The van der Waals surface area contributed by atoms with Gasteiger partial charge in [-0.2, -0.15) is 5.10 Å². The SMILES string of the molecule is CCCc1c(C(=O)Nc2ccc(C(=O)NCc3ccc(CN)cc3)c(Cl)c2)cnn1-c1ccc(Cl)cc1. The third-order valence-corrected chi connectivity index (χ3v) is 6.42. The van der Waals surface area contributed by atoms with Gasteiger partial charge in [0.05, 0.1) is 33.7 Å². The summed E-state index contributed by atoms with van der Waals surface area (Å²) in [6.07, 6.45) is 3.06. The van der Waals surface area contributed by atoms with Crippen LogP contribution < -0.4 is 16.4 Å². The molecule has 190 valence electrons. The average molecular weight is 536 g/mol. The predicted molar refractivity (Wildman–Crippen MR) is 147 cm³/mol. The number of carbonyl (C=O) groups excluding carboxylic acids is 2.